The van der Waals surface area contributed by atoms with E-state index in [4.69, 9.17) is 5.73 Å². The summed E-state index contributed by atoms with van der Waals surface area (Å²) in [4.78, 5) is 9.54. The van der Waals surface area contributed by atoms with Crippen molar-refractivity contribution >= 4 is 33.3 Å². The van der Waals surface area contributed by atoms with Crippen LogP contribution in [0.3, 0.4) is 0 Å². The number of anilines is 2. The number of rotatable bonds is 5. The van der Waals surface area contributed by atoms with Gasteiger partial charge >= 0.3 is 0 Å². The van der Waals surface area contributed by atoms with Gasteiger partial charge in [0.25, 0.3) is 0 Å². The van der Waals surface area contributed by atoms with Crippen LogP contribution in [-0.4, -0.2) is 37.9 Å². The summed E-state index contributed by atoms with van der Waals surface area (Å²) in [5.41, 5.74) is 7.48. The fourth-order valence-corrected chi connectivity index (χ4v) is 3.07. The van der Waals surface area contributed by atoms with Gasteiger partial charge in [-0.15, -0.1) is 11.3 Å². The van der Waals surface area contributed by atoms with Crippen molar-refractivity contribution in [3.8, 4) is 10.6 Å². The minimum atomic E-state index is -0.0554. The van der Waals surface area contributed by atoms with E-state index in [0.717, 1.165) is 27.2 Å². The second-order valence-corrected chi connectivity index (χ2v) is 5.71. The Morgan fingerprint density at radius 1 is 1.48 bits per heavy atom. The van der Waals surface area contributed by atoms with E-state index in [-0.39, 0.29) is 18.6 Å². The minimum absolute atomic E-state index is 0.0423. The number of aliphatic hydroxyl groups excluding tert-OH is 1. The van der Waals surface area contributed by atoms with Gasteiger partial charge in [0.2, 0.25) is 5.95 Å². The number of hydrogen-bond donors (Lipinski definition) is 4. The molecule has 0 aliphatic carbocycles. The van der Waals surface area contributed by atoms with Gasteiger partial charge in [-0.2, -0.15) is 10.1 Å². The highest BCUT2D eigenvalue weighted by Crippen LogP contribution is 2.35. The lowest BCUT2D eigenvalue weighted by Crippen LogP contribution is -2.23. The van der Waals surface area contributed by atoms with Crippen molar-refractivity contribution in [3.63, 3.8) is 0 Å². The highest BCUT2D eigenvalue weighted by atomic mass is 32.1. The molecule has 0 aliphatic rings. The maximum absolute atomic E-state index is 9.34. The van der Waals surface area contributed by atoms with Crippen molar-refractivity contribution in [3.05, 3.63) is 18.3 Å². The fourth-order valence-electron chi connectivity index (χ4n) is 2.04. The van der Waals surface area contributed by atoms with Gasteiger partial charge in [-0.05, 0) is 18.6 Å². The topological polar surface area (TPSA) is 113 Å². The highest BCUT2D eigenvalue weighted by Gasteiger charge is 2.15. The molecular weight excluding hydrogens is 288 g/mol. The van der Waals surface area contributed by atoms with Gasteiger partial charge in [0.15, 0.2) is 0 Å². The molecule has 0 spiro atoms. The van der Waals surface area contributed by atoms with E-state index < -0.39 is 0 Å². The third kappa shape index (κ3) is 2.67. The predicted octanol–water partition coefficient (Wildman–Crippen LogP) is 1.85. The van der Waals surface area contributed by atoms with Crippen molar-refractivity contribution in [2.45, 2.75) is 19.4 Å². The molecule has 8 heteroatoms. The average molecular weight is 304 g/mol. The van der Waals surface area contributed by atoms with Gasteiger partial charge in [-0.25, -0.2) is 4.98 Å². The molecule has 3 aromatic heterocycles. The number of fused-ring (bicyclic) bond motifs is 1. The zero-order valence-electron chi connectivity index (χ0n) is 11.5. The van der Waals surface area contributed by atoms with Crippen molar-refractivity contribution in [1.82, 2.24) is 20.2 Å². The van der Waals surface area contributed by atoms with Gasteiger partial charge in [0.05, 0.1) is 33.4 Å². The number of thiophene rings is 1. The molecule has 110 valence electrons. The van der Waals surface area contributed by atoms with Crippen LogP contribution in [0.4, 0.5) is 11.8 Å². The molecule has 0 bridgehead atoms. The van der Waals surface area contributed by atoms with Crippen LogP contribution in [-0.2, 0) is 0 Å². The first-order chi connectivity index (χ1) is 10.2. The molecule has 21 heavy (non-hydrogen) atoms. The molecule has 1 atom stereocenters. The number of nitrogen functional groups attached to an aromatic ring is 1. The lowest BCUT2D eigenvalue weighted by Gasteiger charge is -2.15. The molecule has 3 aromatic rings. The monoisotopic (exact) mass is 304 g/mol. The first-order valence-electron chi connectivity index (χ1n) is 6.65. The van der Waals surface area contributed by atoms with Gasteiger partial charge in [0.1, 0.15) is 5.82 Å². The van der Waals surface area contributed by atoms with E-state index in [0.29, 0.717) is 5.82 Å². The molecule has 0 fully saturated rings. The first kappa shape index (κ1) is 13.8. The fraction of sp³-hybridized carbons (Fsp3) is 0.308. The summed E-state index contributed by atoms with van der Waals surface area (Å²) in [6.07, 6.45) is 2.50. The number of nitrogens with two attached hydrogens (primary N) is 1. The number of aromatic amines is 1. The molecule has 0 radical (unpaired) electrons. The lowest BCUT2D eigenvalue weighted by atomic mass is 10.2. The summed E-state index contributed by atoms with van der Waals surface area (Å²) in [7, 11) is 0. The maximum Gasteiger partial charge on any atom is 0.222 e. The van der Waals surface area contributed by atoms with Crippen molar-refractivity contribution in [1.29, 1.82) is 0 Å². The number of nitrogens with zero attached hydrogens (tertiary/aromatic N) is 3. The van der Waals surface area contributed by atoms with Crippen LogP contribution in [0.5, 0.6) is 0 Å². The van der Waals surface area contributed by atoms with Gasteiger partial charge in [0, 0.05) is 6.20 Å². The average Bonchev–Trinajstić information content (AvgIpc) is 3.12. The third-order valence-electron chi connectivity index (χ3n) is 3.21. The molecular formula is C13H16N6OS. The van der Waals surface area contributed by atoms with Crippen LogP contribution in [0.1, 0.15) is 13.3 Å². The number of H-pyrrole nitrogens is 1. The quantitative estimate of drug-likeness (QED) is 0.572. The molecule has 3 rings (SSSR count). The molecule has 0 saturated carbocycles. The number of aromatic nitrogens is 4. The summed E-state index contributed by atoms with van der Waals surface area (Å²) in [6, 6.07) is 3.80. The van der Waals surface area contributed by atoms with Gasteiger partial charge in [-0.3, -0.25) is 5.10 Å². The van der Waals surface area contributed by atoms with Crippen LogP contribution in [0.25, 0.3) is 20.8 Å². The summed E-state index contributed by atoms with van der Waals surface area (Å²) >= 11 is 1.56. The molecule has 7 nitrogen and oxygen atoms in total. The molecule has 0 amide bonds. The van der Waals surface area contributed by atoms with Crippen LogP contribution in [0, 0.1) is 0 Å². The van der Waals surface area contributed by atoms with E-state index >= 15 is 0 Å². The van der Waals surface area contributed by atoms with Crippen molar-refractivity contribution in [2.24, 2.45) is 0 Å². The second kappa shape index (κ2) is 5.66. The molecule has 0 aliphatic heterocycles. The molecule has 0 saturated heterocycles. The Kier molecular flexibility index (Phi) is 3.72. The summed E-state index contributed by atoms with van der Waals surface area (Å²) in [6.45, 7) is 2.04. The lowest BCUT2D eigenvalue weighted by molar-refractivity contribution is 0.271. The predicted molar refractivity (Wildman–Crippen MR) is 84.2 cm³/mol. The normalized spacial score (nSPS) is 12.7. The van der Waals surface area contributed by atoms with Gasteiger partial charge < -0.3 is 16.2 Å². The van der Waals surface area contributed by atoms with E-state index in [1.165, 1.54) is 0 Å². The number of nitrogens with one attached hydrogen (secondary N) is 2. The van der Waals surface area contributed by atoms with E-state index in [1.807, 2.05) is 19.1 Å². The highest BCUT2D eigenvalue weighted by molar-refractivity contribution is 7.22. The molecule has 3 heterocycles. The summed E-state index contributed by atoms with van der Waals surface area (Å²) in [5, 5.41) is 19.4. The van der Waals surface area contributed by atoms with Crippen LogP contribution < -0.4 is 11.1 Å². The summed E-state index contributed by atoms with van der Waals surface area (Å²) < 4.78 is 0.917. The minimum Gasteiger partial charge on any atom is -0.394 e. The zero-order valence-corrected chi connectivity index (χ0v) is 12.3. The zero-order chi connectivity index (χ0) is 14.8. The maximum atomic E-state index is 9.34. The smallest absolute Gasteiger partial charge is 0.222 e. The van der Waals surface area contributed by atoms with Crippen LogP contribution in [0.15, 0.2) is 18.3 Å². The van der Waals surface area contributed by atoms with Crippen LogP contribution in [0.2, 0.25) is 0 Å². The van der Waals surface area contributed by atoms with Crippen molar-refractivity contribution < 1.29 is 5.11 Å². The Morgan fingerprint density at radius 2 is 2.33 bits per heavy atom. The SMILES string of the molecule is CC[C@H](CO)Nc1nc(N)nc2cc(-c3ccn[nH]3)sc12. The summed E-state index contributed by atoms with van der Waals surface area (Å²) in [5.74, 6) is 0.876. The standard InChI is InChI=1S/C13H16N6OS/c1-2-7(6-20)16-12-11-9(17-13(14)18-12)5-10(21-11)8-3-4-15-19-8/h3-5,7,20H,2,6H2,1H3,(H,15,19)(H3,14,16,17,18)/t7-/m1/s1. The number of aliphatic hydroxyl groups is 1. The number of hydrogen-bond acceptors (Lipinski definition) is 7. The Hall–Kier alpha value is -2.19. The molecule has 5 N–H and O–H groups in total. The Bertz CT molecular complexity index is 735. The van der Waals surface area contributed by atoms with E-state index in [1.54, 1.807) is 17.5 Å². The van der Waals surface area contributed by atoms with Crippen molar-refractivity contribution in [2.75, 3.05) is 17.7 Å². The first-order valence-corrected chi connectivity index (χ1v) is 7.47. The second-order valence-electron chi connectivity index (χ2n) is 4.66. The van der Waals surface area contributed by atoms with Gasteiger partial charge in [-0.1, -0.05) is 6.92 Å². The Balaban J connectivity index is 2.07. The van der Waals surface area contributed by atoms with Crippen LogP contribution >= 0.6 is 11.3 Å². The Labute approximate surface area is 125 Å². The third-order valence-corrected chi connectivity index (χ3v) is 4.37. The van der Waals surface area contributed by atoms with E-state index in [2.05, 4.69) is 25.5 Å². The Morgan fingerprint density at radius 3 is 3.00 bits per heavy atom. The molecule has 0 aromatic carbocycles. The van der Waals surface area contributed by atoms with E-state index in [9.17, 15) is 5.11 Å². The molecule has 0 unspecified atom stereocenters. The largest absolute Gasteiger partial charge is 0.394 e.